The molecule has 21 heavy (non-hydrogen) atoms. The Morgan fingerprint density at radius 3 is 2.52 bits per heavy atom. The van der Waals surface area contributed by atoms with E-state index in [0.29, 0.717) is 5.56 Å². The molecule has 2 aromatic rings. The van der Waals surface area contributed by atoms with E-state index in [1.807, 2.05) is 0 Å². The van der Waals surface area contributed by atoms with Crippen LogP contribution in [0.2, 0.25) is 0 Å². The van der Waals surface area contributed by atoms with Gasteiger partial charge in [-0.1, -0.05) is 12.1 Å². The third-order valence-corrected chi connectivity index (χ3v) is 2.86. The molecule has 7 heteroatoms. The number of carbonyl (C=O) groups excluding carboxylic acids is 1. The SMILES string of the molecule is Nc1ccc([N+](=O)[O-])cc1C(=O)NCc1ccc(F)cc1. The first-order chi connectivity index (χ1) is 9.97. The molecule has 0 radical (unpaired) electrons. The lowest BCUT2D eigenvalue weighted by molar-refractivity contribution is -0.384. The highest BCUT2D eigenvalue weighted by Crippen LogP contribution is 2.19. The third-order valence-electron chi connectivity index (χ3n) is 2.86. The summed E-state index contributed by atoms with van der Waals surface area (Å²) >= 11 is 0. The van der Waals surface area contributed by atoms with E-state index in [9.17, 15) is 19.3 Å². The van der Waals surface area contributed by atoms with Gasteiger partial charge in [-0.15, -0.1) is 0 Å². The molecule has 0 atom stereocenters. The van der Waals surface area contributed by atoms with E-state index in [1.165, 1.54) is 36.4 Å². The van der Waals surface area contributed by atoms with Crippen molar-refractivity contribution in [3.63, 3.8) is 0 Å². The maximum atomic E-state index is 12.8. The maximum absolute atomic E-state index is 12.8. The predicted molar refractivity (Wildman–Crippen MR) is 75.1 cm³/mol. The molecule has 2 rings (SSSR count). The number of nitrogen functional groups attached to an aromatic ring is 1. The number of rotatable bonds is 4. The van der Waals surface area contributed by atoms with E-state index >= 15 is 0 Å². The number of carbonyl (C=O) groups is 1. The number of hydrogen-bond acceptors (Lipinski definition) is 4. The molecule has 0 aliphatic rings. The van der Waals surface area contributed by atoms with Gasteiger partial charge >= 0.3 is 0 Å². The molecule has 0 aromatic heterocycles. The molecule has 0 fully saturated rings. The number of hydrogen-bond donors (Lipinski definition) is 2. The van der Waals surface area contributed by atoms with Gasteiger partial charge in [-0.2, -0.15) is 0 Å². The minimum atomic E-state index is -0.601. The van der Waals surface area contributed by atoms with Gasteiger partial charge in [-0.05, 0) is 23.8 Å². The number of nitrogens with zero attached hydrogens (tertiary/aromatic N) is 1. The molecule has 0 bridgehead atoms. The number of halogens is 1. The highest BCUT2D eigenvalue weighted by molar-refractivity contribution is 5.99. The number of non-ortho nitro benzene ring substituents is 1. The average Bonchev–Trinajstić information content (AvgIpc) is 2.46. The Kier molecular flexibility index (Phi) is 4.13. The quantitative estimate of drug-likeness (QED) is 0.512. The lowest BCUT2D eigenvalue weighted by atomic mass is 10.1. The average molecular weight is 289 g/mol. The fourth-order valence-corrected chi connectivity index (χ4v) is 1.73. The molecule has 0 heterocycles. The molecule has 2 aromatic carbocycles. The van der Waals surface area contributed by atoms with Crippen LogP contribution in [-0.4, -0.2) is 10.8 Å². The van der Waals surface area contributed by atoms with E-state index in [2.05, 4.69) is 5.32 Å². The van der Waals surface area contributed by atoms with Crippen molar-refractivity contribution in [1.82, 2.24) is 5.32 Å². The molecule has 0 saturated heterocycles. The van der Waals surface area contributed by atoms with Gasteiger partial charge in [0.1, 0.15) is 5.82 Å². The van der Waals surface area contributed by atoms with Crippen molar-refractivity contribution in [2.24, 2.45) is 0 Å². The Morgan fingerprint density at radius 2 is 1.90 bits per heavy atom. The Balaban J connectivity index is 2.11. The number of nitrogens with one attached hydrogen (secondary N) is 1. The van der Waals surface area contributed by atoms with Gasteiger partial charge in [0.05, 0.1) is 10.5 Å². The second kappa shape index (κ2) is 6.00. The number of anilines is 1. The molecule has 1 amide bonds. The second-order valence-electron chi connectivity index (χ2n) is 4.34. The maximum Gasteiger partial charge on any atom is 0.270 e. The number of amides is 1. The monoisotopic (exact) mass is 289 g/mol. The Labute approximate surface area is 119 Å². The summed E-state index contributed by atoms with van der Waals surface area (Å²) in [7, 11) is 0. The van der Waals surface area contributed by atoms with Gasteiger partial charge in [0.2, 0.25) is 0 Å². The number of nitro benzene ring substituents is 1. The molecule has 0 spiro atoms. The normalized spacial score (nSPS) is 10.1. The topological polar surface area (TPSA) is 98.3 Å². The van der Waals surface area contributed by atoms with Crippen molar-refractivity contribution in [3.05, 3.63) is 69.5 Å². The van der Waals surface area contributed by atoms with Crippen LogP contribution >= 0.6 is 0 Å². The lowest BCUT2D eigenvalue weighted by Gasteiger charge is -2.07. The zero-order valence-corrected chi connectivity index (χ0v) is 10.9. The van der Waals surface area contributed by atoms with Crippen molar-refractivity contribution in [2.75, 3.05) is 5.73 Å². The van der Waals surface area contributed by atoms with E-state index in [-0.39, 0.29) is 29.3 Å². The Morgan fingerprint density at radius 1 is 1.24 bits per heavy atom. The van der Waals surface area contributed by atoms with Gasteiger partial charge in [-0.25, -0.2) is 4.39 Å². The van der Waals surface area contributed by atoms with Gasteiger partial charge in [-0.3, -0.25) is 14.9 Å². The van der Waals surface area contributed by atoms with Crippen LogP contribution in [0.15, 0.2) is 42.5 Å². The zero-order valence-electron chi connectivity index (χ0n) is 10.9. The Hall–Kier alpha value is -2.96. The smallest absolute Gasteiger partial charge is 0.270 e. The first-order valence-electron chi connectivity index (χ1n) is 6.04. The minimum absolute atomic E-state index is 0.0336. The lowest BCUT2D eigenvalue weighted by Crippen LogP contribution is -2.23. The van der Waals surface area contributed by atoms with Gasteiger partial charge in [0.25, 0.3) is 11.6 Å². The highest BCUT2D eigenvalue weighted by atomic mass is 19.1. The van der Waals surface area contributed by atoms with Crippen molar-refractivity contribution in [1.29, 1.82) is 0 Å². The Bertz CT molecular complexity index is 686. The standard InChI is InChI=1S/C14H12FN3O3/c15-10-3-1-9(2-4-10)8-17-14(19)12-7-11(18(20)21)5-6-13(12)16/h1-7H,8,16H2,(H,17,19). The van der Waals surface area contributed by atoms with Crippen LogP contribution in [0.4, 0.5) is 15.8 Å². The molecule has 6 nitrogen and oxygen atoms in total. The van der Waals surface area contributed by atoms with Crippen molar-refractivity contribution < 1.29 is 14.1 Å². The molecule has 108 valence electrons. The van der Waals surface area contributed by atoms with E-state index < -0.39 is 10.8 Å². The van der Waals surface area contributed by atoms with Gasteiger partial charge in [0.15, 0.2) is 0 Å². The fraction of sp³-hybridized carbons (Fsp3) is 0.0714. The number of benzene rings is 2. The predicted octanol–water partition coefficient (Wildman–Crippen LogP) is 2.25. The van der Waals surface area contributed by atoms with Crippen LogP contribution in [0.5, 0.6) is 0 Å². The molecular formula is C14H12FN3O3. The fourth-order valence-electron chi connectivity index (χ4n) is 1.73. The molecule has 0 saturated carbocycles. The molecular weight excluding hydrogens is 277 g/mol. The van der Waals surface area contributed by atoms with E-state index in [0.717, 1.165) is 6.07 Å². The summed E-state index contributed by atoms with van der Waals surface area (Å²) in [4.78, 5) is 22.1. The third kappa shape index (κ3) is 3.53. The number of nitro groups is 1. The summed E-state index contributed by atoms with van der Waals surface area (Å²) < 4.78 is 12.8. The summed E-state index contributed by atoms with van der Waals surface area (Å²) in [5.41, 5.74) is 6.32. The van der Waals surface area contributed by atoms with E-state index in [1.54, 1.807) is 0 Å². The molecule has 0 unspecified atom stereocenters. The first kappa shape index (κ1) is 14.4. The molecule has 3 N–H and O–H groups in total. The van der Waals surface area contributed by atoms with Crippen molar-refractivity contribution >= 4 is 17.3 Å². The van der Waals surface area contributed by atoms with Gasteiger partial charge in [0, 0.05) is 24.4 Å². The van der Waals surface area contributed by atoms with Gasteiger partial charge < -0.3 is 11.1 Å². The van der Waals surface area contributed by atoms with Crippen LogP contribution in [0.3, 0.4) is 0 Å². The van der Waals surface area contributed by atoms with E-state index in [4.69, 9.17) is 5.73 Å². The molecule has 0 aliphatic heterocycles. The van der Waals surface area contributed by atoms with Crippen LogP contribution in [0.25, 0.3) is 0 Å². The minimum Gasteiger partial charge on any atom is -0.398 e. The van der Waals surface area contributed by atoms with Crippen LogP contribution < -0.4 is 11.1 Å². The summed E-state index contributed by atoms with van der Waals surface area (Å²) in [6, 6.07) is 9.29. The van der Waals surface area contributed by atoms with Crippen LogP contribution in [-0.2, 0) is 6.54 Å². The summed E-state index contributed by atoms with van der Waals surface area (Å²) in [6.45, 7) is 0.168. The highest BCUT2D eigenvalue weighted by Gasteiger charge is 2.15. The second-order valence-corrected chi connectivity index (χ2v) is 4.34. The summed E-state index contributed by atoms with van der Waals surface area (Å²) in [5, 5.41) is 13.3. The van der Waals surface area contributed by atoms with Crippen LogP contribution in [0, 0.1) is 15.9 Å². The molecule has 0 aliphatic carbocycles. The number of nitrogens with two attached hydrogens (primary N) is 1. The van der Waals surface area contributed by atoms with Crippen molar-refractivity contribution in [2.45, 2.75) is 6.54 Å². The van der Waals surface area contributed by atoms with Crippen molar-refractivity contribution in [3.8, 4) is 0 Å². The van der Waals surface area contributed by atoms with Crippen LogP contribution in [0.1, 0.15) is 15.9 Å². The summed E-state index contributed by atoms with van der Waals surface area (Å²) in [5.74, 6) is -0.895. The first-order valence-corrected chi connectivity index (χ1v) is 6.04. The summed E-state index contributed by atoms with van der Waals surface area (Å²) in [6.07, 6.45) is 0. The zero-order chi connectivity index (χ0) is 15.4. The largest absolute Gasteiger partial charge is 0.398 e.